The summed E-state index contributed by atoms with van der Waals surface area (Å²) in [5.74, 6) is 0.457. The van der Waals surface area contributed by atoms with Gasteiger partial charge in [0.1, 0.15) is 11.5 Å². The summed E-state index contributed by atoms with van der Waals surface area (Å²) in [6.45, 7) is 2.63. The van der Waals surface area contributed by atoms with E-state index in [2.05, 4.69) is 5.32 Å². The molecular weight excluding hydrogens is 234 g/mol. The lowest BCUT2D eigenvalue weighted by Gasteiger charge is -2.18. The highest BCUT2D eigenvalue weighted by Gasteiger charge is 2.16. The fraction of sp³-hybridized carbons (Fsp3) is 0.462. The molecule has 0 bridgehead atoms. The van der Waals surface area contributed by atoms with Crippen molar-refractivity contribution >= 4 is 5.97 Å². The van der Waals surface area contributed by atoms with E-state index in [0.717, 1.165) is 5.56 Å². The van der Waals surface area contributed by atoms with Crippen LogP contribution in [-0.4, -0.2) is 31.8 Å². The third kappa shape index (κ3) is 3.92. The smallest absolute Gasteiger partial charge is 0.305 e. The quantitative estimate of drug-likeness (QED) is 0.776. The zero-order valence-corrected chi connectivity index (χ0v) is 10.9. The first-order valence-electron chi connectivity index (χ1n) is 5.78. The van der Waals surface area contributed by atoms with E-state index < -0.39 is 5.97 Å². The van der Waals surface area contributed by atoms with Crippen LogP contribution in [0.5, 0.6) is 11.5 Å². The van der Waals surface area contributed by atoms with Gasteiger partial charge in [-0.3, -0.25) is 4.79 Å². The third-order valence-electron chi connectivity index (χ3n) is 2.61. The Kier molecular flexibility index (Phi) is 5.45. The summed E-state index contributed by atoms with van der Waals surface area (Å²) < 4.78 is 10.4. The average Bonchev–Trinajstić information content (AvgIpc) is 2.37. The van der Waals surface area contributed by atoms with E-state index in [1.54, 1.807) is 20.3 Å². The molecule has 0 aliphatic carbocycles. The molecule has 18 heavy (non-hydrogen) atoms. The van der Waals surface area contributed by atoms with E-state index in [4.69, 9.17) is 14.6 Å². The number of rotatable bonds is 7. The van der Waals surface area contributed by atoms with Crippen molar-refractivity contribution in [2.24, 2.45) is 0 Å². The van der Waals surface area contributed by atoms with Crippen molar-refractivity contribution in [3.8, 4) is 11.5 Å². The van der Waals surface area contributed by atoms with Gasteiger partial charge >= 0.3 is 5.97 Å². The Bertz CT molecular complexity index is 384. The van der Waals surface area contributed by atoms with E-state index in [-0.39, 0.29) is 12.5 Å². The van der Waals surface area contributed by atoms with Gasteiger partial charge in [-0.15, -0.1) is 0 Å². The zero-order valence-electron chi connectivity index (χ0n) is 10.9. The minimum atomic E-state index is -0.845. The highest BCUT2D eigenvalue weighted by molar-refractivity contribution is 5.68. The monoisotopic (exact) mass is 253 g/mol. The summed E-state index contributed by atoms with van der Waals surface area (Å²) in [5.41, 5.74) is 0.843. The number of aliphatic carboxylic acids is 1. The molecule has 0 saturated carbocycles. The minimum Gasteiger partial charge on any atom is -0.497 e. The SMILES string of the molecule is CCNC(CC(=O)O)c1cc(OC)cc(OC)c1. The zero-order chi connectivity index (χ0) is 13.5. The second-order valence-corrected chi connectivity index (χ2v) is 3.85. The molecule has 0 saturated heterocycles. The standard InChI is InChI=1S/C13H19NO4/c1-4-14-12(8-13(15)16)9-5-10(17-2)7-11(6-9)18-3/h5-7,12,14H,4,8H2,1-3H3,(H,15,16). The van der Waals surface area contributed by atoms with Crippen LogP contribution in [0.2, 0.25) is 0 Å². The van der Waals surface area contributed by atoms with Gasteiger partial charge in [0.2, 0.25) is 0 Å². The van der Waals surface area contributed by atoms with Gasteiger partial charge in [0.05, 0.1) is 20.6 Å². The van der Waals surface area contributed by atoms with Crippen molar-refractivity contribution in [3.63, 3.8) is 0 Å². The van der Waals surface area contributed by atoms with E-state index in [1.807, 2.05) is 19.1 Å². The van der Waals surface area contributed by atoms with Gasteiger partial charge in [-0.05, 0) is 24.2 Å². The molecule has 1 rings (SSSR count). The fourth-order valence-corrected chi connectivity index (χ4v) is 1.76. The molecule has 1 aromatic rings. The van der Waals surface area contributed by atoms with E-state index >= 15 is 0 Å². The Morgan fingerprint density at radius 3 is 2.22 bits per heavy atom. The number of ether oxygens (including phenoxy) is 2. The molecule has 1 aromatic carbocycles. The van der Waals surface area contributed by atoms with Gasteiger partial charge in [0.25, 0.3) is 0 Å². The maximum Gasteiger partial charge on any atom is 0.305 e. The number of nitrogens with one attached hydrogen (secondary N) is 1. The molecule has 0 aliphatic heterocycles. The lowest BCUT2D eigenvalue weighted by molar-refractivity contribution is -0.137. The second-order valence-electron chi connectivity index (χ2n) is 3.85. The number of hydrogen-bond donors (Lipinski definition) is 2. The first-order valence-corrected chi connectivity index (χ1v) is 5.78. The van der Waals surface area contributed by atoms with Crippen molar-refractivity contribution < 1.29 is 19.4 Å². The molecular formula is C13H19NO4. The summed E-state index contributed by atoms with van der Waals surface area (Å²) in [4.78, 5) is 10.9. The number of methoxy groups -OCH3 is 2. The number of carboxylic acids is 1. The Labute approximate surface area is 107 Å². The van der Waals surface area contributed by atoms with Gasteiger partial charge in [-0.25, -0.2) is 0 Å². The maximum absolute atomic E-state index is 10.9. The van der Waals surface area contributed by atoms with Gasteiger partial charge in [-0.1, -0.05) is 6.92 Å². The molecule has 5 nitrogen and oxygen atoms in total. The largest absolute Gasteiger partial charge is 0.497 e. The molecule has 0 heterocycles. The van der Waals surface area contributed by atoms with Crippen molar-refractivity contribution in [2.45, 2.75) is 19.4 Å². The third-order valence-corrected chi connectivity index (χ3v) is 2.61. The van der Waals surface area contributed by atoms with Crippen molar-refractivity contribution in [1.82, 2.24) is 5.32 Å². The number of benzene rings is 1. The van der Waals surface area contributed by atoms with Crippen LogP contribution in [0.3, 0.4) is 0 Å². The topological polar surface area (TPSA) is 67.8 Å². The number of hydrogen-bond acceptors (Lipinski definition) is 4. The Hall–Kier alpha value is -1.75. The molecule has 0 aliphatic rings. The molecule has 5 heteroatoms. The predicted molar refractivity (Wildman–Crippen MR) is 68.2 cm³/mol. The lowest BCUT2D eigenvalue weighted by Crippen LogP contribution is -2.23. The molecule has 0 amide bonds. The highest BCUT2D eigenvalue weighted by Crippen LogP contribution is 2.27. The first-order chi connectivity index (χ1) is 8.60. The molecule has 1 unspecified atom stereocenters. The summed E-state index contributed by atoms with van der Waals surface area (Å²) in [6.07, 6.45) is 0.0180. The van der Waals surface area contributed by atoms with Crippen LogP contribution in [0.1, 0.15) is 24.9 Å². The summed E-state index contributed by atoms with van der Waals surface area (Å²) in [7, 11) is 3.13. The van der Waals surface area contributed by atoms with Gasteiger partial charge in [0.15, 0.2) is 0 Å². The molecule has 0 aromatic heterocycles. The molecule has 2 N–H and O–H groups in total. The van der Waals surface area contributed by atoms with Crippen LogP contribution in [0, 0.1) is 0 Å². The van der Waals surface area contributed by atoms with Gasteiger partial charge < -0.3 is 19.9 Å². The number of carbonyl (C=O) groups is 1. The Morgan fingerprint density at radius 1 is 1.28 bits per heavy atom. The van der Waals surface area contributed by atoms with Crippen LogP contribution in [0.25, 0.3) is 0 Å². The average molecular weight is 253 g/mol. The van der Waals surface area contributed by atoms with Gasteiger partial charge in [-0.2, -0.15) is 0 Å². The molecule has 0 spiro atoms. The molecule has 0 fully saturated rings. The molecule has 1 atom stereocenters. The van der Waals surface area contributed by atoms with Crippen LogP contribution in [0.15, 0.2) is 18.2 Å². The van der Waals surface area contributed by atoms with E-state index in [9.17, 15) is 4.79 Å². The molecule has 100 valence electrons. The van der Waals surface area contributed by atoms with Crippen molar-refractivity contribution in [1.29, 1.82) is 0 Å². The van der Waals surface area contributed by atoms with Gasteiger partial charge in [0, 0.05) is 12.1 Å². The predicted octanol–water partition coefficient (Wildman–Crippen LogP) is 1.83. The normalized spacial score (nSPS) is 11.9. The van der Waals surface area contributed by atoms with Crippen molar-refractivity contribution in [3.05, 3.63) is 23.8 Å². The Balaban J connectivity index is 3.05. The van der Waals surface area contributed by atoms with Crippen LogP contribution >= 0.6 is 0 Å². The maximum atomic E-state index is 10.9. The number of carboxylic acid groups (broad SMARTS) is 1. The second kappa shape index (κ2) is 6.86. The van der Waals surface area contributed by atoms with Crippen molar-refractivity contribution in [2.75, 3.05) is 20.8 Å². The van der Waals surface area contributed by atoms with Crippen LogP contribution in [-0.2, 0) is 4.79 Å². The van der Waals surface area contributed by atoms with E-state index in [0.29, 0.717) is 18.0 Å². The summed E-state index contributed by atoms with van der Waals surface area (Å²) in [6, 6.07) is 5.14. The Morgan fingerprint density at radius 2 is 1.83 bits per heavy atom. The highest BCUT2D eigenvalue weighted by atomic mass is 16.5. The first kappa shape index (κ1) is 14.3. The van der Waals surface area contributed by atoms with E-state index in [1.165, 1.54) is 0 Å². The van der Waals surface area contributed by atoms with Crippen LogP contribution < -0.4 is 14.8 Å². The molecule has 0 radical (unpaired) electrons. The fourth-order valence-electron chi connectivity index (χ4n) is 1.76. The summed E-state index contributed by atoms with van der Waals surface area (Å²) >= 11 is 0. The van der Waals surface area contributed by atoms with Crippen LogP contribution in [0.4, 0.5) is 0 Å². The lowest BCUT2D eigenvalue weighted by atomic mass is 10.0. The summed E-state index contributed by atoms with van der Waals surface area (Å²) in [5, 5.41) is 12.1. The minimum absolute atomic E-state index is 0.0180.